The Labute approximate surface area is 211 Å². The molecule has 0 aromatic rings. The van der Waals surface area contributed by atoms with Crippen LogP contribution in [0.15, 0.2) is 0 Å². The van der Waals surface area contributed by atoms with Gasteiger partial charge in [-0.2, -0.15) is 74.6 Å². The number of hydrogen-bond donors (Lipinski definition) is 0. The van der Waals surface area contributed by atoms with Crippen molar-refractivity contribution >= 4 is 10.1 Å². The van der Waals surface area contributed by atoms with Gasteiger partial charge in [0.25, 0.3) is 0 Å². The molecule has 0 fully saturated rings. The average Bonchev–Trinajstić information content (AvgIpc) is 2.61. The van der Waals surface area contributed by atoms with Gasteiger partial charge in [-0.05, 0) is 6.42 Å². The van der Waals surface area contributed by atoms with E-state index in [9.17, 15) is 87.6 Å². The van der Waals surface area contributed by atoms with Gasteiger partial charge >= 0.3 is 77.2 Å². The Morgan fingerprint density at radius 3 is 1.22 bits per heavy atom. The van der Waals surface area contributed by atoms with Gasteiger partial charge in [-0.25, -0.2) is 8.42 Å². The Kier molecular flexibility index (Phi) is 11.6. The molecule has 0 spiro atoms. The molecule has 0 radical (unpaired) electrons. The molecule has 212 valence electrons. The summed E-state index contributed by atoms with van der Waals surface area (Å²) in [5.41, 5.74) is 0. The van der Waals surface area contributed by atoms with Gasteiger partial charge in [-0.15, -0.1) is 0 Å². The van der Waals surface area contributed by atoms with E-state index in [1.807, 2.05) is 0 Å². The van der Waals surface area contributed by atoms with Crippen LogP contribution in [-0.4, -0.2) is 79.6 Å². The van der Waals surface area contributed by atoms with Crippen LogP contribution in [0.4, 0.5) is 74.6 Å². The van der Waals surface area contributed by atoms with Crippen LogP contribution in [0.5, 0.6) is 0 Å². The van der Waals surface area contributed by atoms with Crippen LogP contribution in [0.25, 0.3) is 0 Å². The fourth-order valence-electron chi connectivity index (χ4n) is 1.99. The molecule has 36 heavy (non-hydrogen) atoms. The summed E-state index contributed by atoms with van der Waals surface area (Å²) in [5, 5.41) is 0. The van der Waals surface area contributed by atoms with Gasteiger partial charge in [0, 0.05) is 18.8 Å². The van der Waals surface area contributed by atoms with Gasteiger partial charge in [0.05, 0.1) is 16.7 Å². The molecule has 0 bridgehead atoms. The third-order valence-electron chi connectivity index (χ3n) is 4.03. The molecular formula is C13H10F17NaO4S. The van der Waals surface area contributed by atoms with E-state index in [1.54, 1.807) is 0 Å². The van der Waals surface area contributed by atoms with Crippen molar-refractivity contribution in [1.82, 2.24) is 0 Å². The zero-order valence-corrected chi connectivity index (χ0v) is 19.8. The molecule has 0 aliphatic rings. The SMILES string of the molecule is O=S(=O)([O-])CCCOCCC(F)(F)C(F)(F)C(F)(F)C(F)(F)C(F)(F)C(F)(F)C(F)(F)C(F)(F)F.[Na+]. The van der Waals surface area contributed by atoms with E-state index in [4.69, 9.17) is 0 Å². The van der Waals surface area contributed by atoms with Crippen LogP contribution in [0.1, 0.15) is 12.8 Å². The van der Waals surface area contributed by atoms with Crippen LogP contribution < -0.4 is 29.6 Å². The molecule has 0 aliphatic carbocycles. The van der Waals surface area contributed by atoms with Crippen molar-refractivity contribution in [1.29, 1.82) is 0 Å². The summed E-state index contributed by atoms with van der Waals surface area (Å²) in [6.07, 6.45) is -11.4. The minimum absolute atomic E-state index is 0. The number of rotatable bonds is 13. The zero-order chi connectivity index (χ0) is 28.7. The van der Waals surface area contributed by atoms with Crippen LogP contribution in [0.3, 0.4) is 0 Å². The molecule has 23 heteroatoms. The van der Waals surface area contributed by atoms with Crippen LogP contribution in [0.2, 0.25) is 0 Å². The normalized spacial score (nSPS) is 15.6. The van der Waals surface area contributed by atoms with Gasteiger partial charge in [0.15, 0.2) is 0 Å². The van der Waals surface area contributed by atoms with Crippen molar-refractivity contribution in [2.75, 3.05) is 19.0 Å². The molecule has 4 nitrogen and oxygen atoms in total. The van der Waals surface area contributed by atoms with Gasteiger partial charge in [-0.3, -0.25) is 0 Å². The number of halogens is 17. The fourth-order valence-corrected chi connectivity index (χ4v) is 2.46. The third kappa shape index (κ3) is 6.63. The molecule has 0 amide bonds. The van der Waals surface area contributed by atoms with Crippen molar-refractivity contribution in [3.63, 3.8) is 0 Å². The van der Waals surface area contributed by atoms with Gasteiger partial charge in [0.2, 0.25) is 0 Å². The van der Waals surface area contributed by atoms with Crippen molar-refractivity contribution in [2.24, 2.45) is 0 Å². The van der Waals surface area contributed by atoms with Crippen LogP contribution in [-0.2, 0) is 14.9 Å². The third-order valence-corrected chi connectivity index (χ3v) is 4.82. The van der Waals surface area contributed by atoms with E-state index in [0.29, 0.717) is 0 Å². The van der Waals surface area contributed by atoms with E-state index >= 15 is 0 Å². The predicted octanol–water partition coefficient (Wildman–Crippen LogP) is 2.34. The summed E-state index contributed by atoms with van der Waals surface area (Å²) < 4.78 is 256. The summed E-state index contributed by atoms with van der Waals surface area (Å²) in [6, 6.07) is 0. The molecule has 0 heterocycles. The second-order valence-electron chi connectivity index (χ2n) is 6.63. The molecule has 0 aromatic heterocycles. The number of alkyl halides is 17. The first kappa shape index (κ1) is 37.8. The molecule has 0 atom stereocenters. The van der Waals surface area contributed by atoms with Gasteiger partial charge in [-0.1, -0.05) is 0 Å². The maximum atomic E-state index is 13.5. The Morgan fingerprint density at radius 1 is 0.556 bits per heavy atom. The summed E-state index contributed by atoms with van der Waals surface area (Å²) in [6.45, 7) is -2.88. The van der Waals surface area contributed by atoms with Crippen molar-refractivity contribution in [3.8, 4) is 0 Å². The molecule has 0 rings (SSSR count). The molecule has 0 aliphatic heterocycles. The fraction of sp³-hybridized carbons (Fsp3) is 1.00. The largest absolute Gasteiger partial charge is 1.00 e. The van der Waals surface area contributed by atoms with Crippen LogP contribution >= 0.6 is 0 Å². The van der Waals surface area contributed by atoms with Gasteiger partial charge < -0.3 is 9.29 Å². The molecule has 0 saturated heterocycles. The van der Waals surface area contributed by atoms with E-state index in [1.165, 1.54) is 0 Å². The van der Waals surface area contributed by atoms with E-state index in [-0.39, 0.29) is 29.6 Å². The summed E-state index contributed by atoms with van der Waals surface area (Å²) in [7, 11) is -4.88. The van der Waals surface area contributed by atoms with Crippen molar-refractivity contribution in [3.05, 3.63) is 0 Å². The Morgan fingerprint density at radius 2 is 0.889 bits per heavy atom. The first-order chi connectivity index (χ1) is 15.0. The monoisotopic (exact) mass is 608 g/mol. The molecule has 0 aromatic carbocycles. The molecular weight excluding hydrogens is 598 g/mol. The Balaban J connectivity index is 0. The standard InChI is InChI=1S/C13H11F17O4S.Na/c14-6(15,2-4-34-3-1-5-35(31,32)33)7(16,17)8(18,19)9(20,21)10(22,23)11(24,25)12(26,27)13(28,29)30;/h1-5H2,(H,31,32,33);/q;+1/p-1. The minimum atomic E-state index is -8.69. The molecule has 0 N–H and O–H groups in total. The number of ether oxygens (including phenoxy) is 1. The number of hydrogen-bond acceptors (Lipinski definition) is 4. The molecule has 0 saturated carbocycles. The van der Waals surface area contributed by atoms with E-state index in [2.05, 4.69) is 4.74 Å². The first-order valence-electron chi connectivity index (χ1n) is 8.18. The maximum absolute atomic E-state index is 13.5. The van der Waals surface area contributed by atoms with Crippen molar-refractivity contribution < 1.29 is 122 Å². The molecule has 0 unspecified atom stereocenters. The zero-order valence-electron chi connectivity index (χ0n) is 17.0. The predicted molar refractivity (Wildman–Crippen MR) is 75.3 cm³/mol. The average molecular weight is 608 g/mol. The van der Waals surface area contributed by atoms with E-state index in [0.717, 1.165) is 0 Å². The summed E-state index contributed by atoms with van der Waals surface area (Å²) >= 11 is 0. The maximum Gasteiger partial charge on any atom is 1.00 e. The first-order valence-corrected chi connectivity index (χ1v) is 9.76. The Hall–Kier alpha value is -0.320. The smallest absolute Gasteiger partial charge is 0.748 e. The second kappa shape index (κ2) is 11.0. The second-order valence-corrected chi connectivity index (χ2v) is 8.15. The van der Waals surface area contributed by atoms with Gasteiger partial charge in [0.1, 0.15) is 0 Å². The quantitative estimate of drug-likeness (QED) is 0.140. The van der Waals surface area contributed by atoms with E-state index < -0.39 is 89.6 Å². The summed E-state index contributed by atoms with van der Waals surface area (Å²) in [5.74, 6) is -58.1. The Bertz CT molecular complexity index is 840. The minimum Gasteiger partial charge on any atom is -0.748 e. The van der Waals surface area contributed by atoms with Crippen molar-refractivity contribution in [2.45, 2.75) is 60.5 Å². The van der Waals surface area contributed by atoms with Crippen LogP contribution in [0, 0.1) is 0 Å². The summed E-state index contributed by atoms with van der Waals surface area (Å²) in [4.78, 5) is 0. The topological polar surface area (TPSA) is 66.4 Å².